The van der Waals surface area contributed by atoms with Gasteiger partial charge in [-0.2, -0.15) is 0 Å². The van der Waals surface area contributed by atoms with E-state index in [-0.39, 0.29) is 20.2 Å². The highest BCUT2D eigenvalue weighted by atomic mass is 79.9. The molecular formula is C9H5Br2N3O4S2. The van der Waals surface area contributed by atoms with Crippen molar-refractivity contribution < 1.29 is 18.3 Å². The molecule has 2 aromatic heterocycles. The van der Waals surface area contributed by atoms with E-state index in [1.807, 2.05) is 0 Å². The van der Waals surface area contributed by atoms with Gasteiger partial charge in [0.15, 0.2) is 10.4 Å². The molecule has 2 heterocycles. The zero-order chi connectivity index (χ0) is 14.9. The highest BCUT2D eigenvalue weighted by Gasteiger charge is 2.25. The monoisotopic (exact) mass is 441 g/mol. The van der Waals surface area contributed by atoms with Gasteiger partial charge in [-0.05, 0) is 43.3 Å². The van der Waals surface area contributed by atoms with Crippen molar-refractivity contribution >= 4 is 65.0 Å². The summed E-state index contributed by atoms with van der Waals surface area (Å²) in [6.45, 7) is 0. The van der Waals surface area contributed by atoms with Gasteiger partial charge in [-0.25, -0.2) is 23.2 Å². The lowest BCUT2D eigenvalue weighted by atomic mass is 10.5. The molecule has 0 fully saturated rings. The van der Waals surface area contributed by atoms with Gasteiger partial charge in [-0.1, -0.05) is 0 Å². The van der Waals surface area contributed by atoms with Gasteiger partial charge in [-0.3, -0.25) is 4.72 Å². The highest BCUT2D eigenvalue weighted by Crippen LogP contribution is 2.26. The Labute approximate surface area is 134 Å². The van der Waals surface area contributed by atoms with Crippen molar-refractivity contribution in [2.45, 2.75) is 4.90 Å². The second-order valence-electron chi connectivity index (χ2n) is 3.36. The first-order chi connectivity index (χ1) is 9.31. The molecule has 0 aliphatic heterocycles. The fourth-order valence-corrected chi connectivity index (χ4v) is 4.58. The van der Waals surface area contributed by atoms with Crippen LogP contribution < -0.4 is 4.72 Å². The van der Waals surface area contributed by atoms with Crippen molar-refractivity contribution in [3.05, 3.63) is 31.7 Å². The van der Waals surface area contributed by atoms with Gasteiger partial charge in [-0.15, -0.1) is 11.3 Å². The summed E-state index contributed by atoms with van der Waals surface area (Å²) in [5, 5.41) is 10.3. The van der Waals surface area contributed by atoms with Gasteiger partial charge in [0.1, 0.15) is 14.4 Å². The molecule has 0 saturated heterocycles. The Hall–Kier alpha value is -1.04. The van der Waals surface area contributed by atoms with Crippen LogP contribution in [0, 0.1) is 0 Å². The first kappa shape index (κ1) is 15.4. The van der Waals surface area contributed by atoms with Crippen LogP contribution >= 0.6 is 43.2 Å². The maximum atomic E-state index is 12.2. The number of nitrogens with one attached hydrogen (secondary N) is 1. The number of aromatic carboxylic acids is 1. The number of hydrogen-bond donors (Lipinski definition) is 2. The molecule has 0 amide bonds. The van der Waals surface area contributed by atoms with Crippen LogP contribution in [0.3, 0.4) is 0 Å². The van der Waals surface area contributed by atoms with Crippen LogP contribution in [0.15, 0.2) is 31.7 Å². The Morgan fingerprint density at radius 3 is 2.70 bits per heavy atom. The van der Waals surface area contributed by atoms with Crippen LogP contribution in [0.4, 0.5) is 5.82 Å². The minimum Gasteiger partial charge on any atom is -0.477 e. The van der Waals surface area contributed by atoms with E-state index in [0.717, 1.165) is 11.3 Å². The number of rotatable bonds is 4. The minimum atomic E-state index is -4.05. The molecule has 0 atom stereocenters. The van der Waals surface area contributed by atoms with Crippen molar-refractivity contribution in [1.82, 2.24) is 9.97 Å². The average Bonchev–Trinajstić information content (AvgIpc) is 2.82. The fraction of sp³-hybridized carbons (Fsp3) is 0. The van der Waals surface area contributed by atoms with Gasteiger partial charge in [0.05, 0.1) is 6.20 Å². The number of carboxylic acid groups (broad SMARTS) is 1. The van der Waals surface area contributed by atoms with Gasteiger partial charge in [0, 0.05) is 0 Å². The molecule has 0 aliphatic rings. The van der Waals surface area contributed by atoms with Crippen molar-refractivity contribution in [3.63, 3.8) is 0 Å². The predicted molar refractivity (Wildman–Crippen MR) is 79.5 cm³/mol. The van der Waals surface area contributed by atoms with Gasteiger partial charge in [0.2, 0.25) is 0 Å². The predicted octanol–water partition coefficient (Wildman–Crippen LogP) is 2.56. The molecule has 2 rings (SSSR count). The summed E-state index contributed by atoms with van der Waals surface area (Å²) in [5.41, 5.74) is 0. The lowest BCUT2D eigenvalue weighted by Crippen LogP contribution is -2.16. The van der Waals surface area contributed by atoms with Crippen LogP contribution in [-0.4, -0.2) is 29.5 Å². The SMILES string of the molecule is O=C(O)c1sccc1S(=O)(=O)Nc1ncc(Br)nc1Br. The summed E-state index contributed by atoms with van der Waals surface area (Å²) < 4.78 is 27.1. The number of sulfonamides is 1. The molecule has 0 aromatic carbocycles. The number of halogens is 2. The van der Waals surface area contributed by atoms with Gasteiger partial charge in [0.25, 0.3) is 10.0 Å². The summed E-state index contributed by atoms with van der Waals surface area (Å²) in [7, 11) is -4.05. The third kappa shape index (κ3) is 3.16. The van der Waals surface area contributed by atoms with Crippen LogP contribution in [0.25, 0.3) is 0 Å². The number of carboxylic acids is 1. The summed E-state index contributed by atoms with van der Waals surface area (Å²) >= 11 is 6.98. The van der Waals surface area contributed by atoms with E-state index in [9.17, 15) is 13.2 Å². The zero-order valence-electron chi connectivity index (χ0n) is 9.37. The van der Waals surface area contributed by atoms with Crippen molar-refractivity contribution in [2.75, 3.05) is 4.72 Å². The van der Waals surface area contributed by atoms with E-state index < -0.39 is 16.0 Å². The van der Waals surface area contributed by atoms with Gasteiger partial charge >= 0.3 is 5.97 Å². The molecule has 0 saturated carbocycles. The molecule has 0 spiro atoms. The normalized spacial score (nSPS) is 11.3. The third-order valence-corrected chi connectivity index (χ3v) is 5.39. The molecule has 106 valence electrons. The summed E-state index contributed by atoms with van der Waals surface area (Å²) in [5.74, 6) is -1.34. The van der Waals surface area contributed by atoms with Crippen LogP contribution in [0.5, 0.6) is 0 Å². The van der Waals surface area contributed by atoms with Crippen LogP contribution in [0.2, 0.25) is 0 Å². The maximum Gasteiger partial charge on any atom is 0.347 e. The third-order valence-electron chi connectivity index (χ3n) is 2.04. The Morgan fingerprint density at radius 1 is 1.40 bits per heavy atom. The fourth-order valence-electron chi connectivity index (χ4n) is 1.26. The second-order valence-corrected chi connectivity index (χ2v) is 7.49. The van der Waals surface area contributed by atoms with Crippen LogP contribution in [0.1, 0.15) is 9.67 Å². The van der Waals surface area contributed by atoms with E-state index in [1.54, 1.807) is 0 Å². The number of aromatic nitrogens is 2. The summed E-state index contributed by atoms with van der Waals surface area (Å²) in [6.07, 6.45) is 1.31. The topological polar surface area (TPSA) is 109 Å². The number of hydrogen-bond acceptors (Lipinski definition) is 6. The summed E-state index contributed by atoms with van der Waals surface area (Å²) in [6, 6.07) is 1.22. The van der Waals surface area contributed by atoms with E-state index >= 15 is 0 Å². The standard InChI is InChI=1S/C9H5Br2N3O4S2/c10-5-3-12-8(7(11)13-5)14-20(17,18)4-1-2-19-6(4)9(15)16/h1-3H,(H,12,14)(H,15,16). The first-order valence-corrected chi connectivity index (χ1v) is 8.78. The lowest BCUT2D eigenvalue weighted by Gasteiger charge is -2.08. The molecular weight excluding hydrogens is 438 g/mol. The largest absolute Gasteiger partial charge is 0.477 e. The number of carbonyl (C=O) groups is 1. The molecule has 0 aliphatic carbocycles. The molecule has 2 aromatic rings. The molecule has 11 heteroatoms. The molecule has 20 heavy (non-hydrogen) atoms. The molecule has 0 unspecified atom stereocenters. The number of anilines is 1. The quantitative estimate of drug-likeness (QED) is 0.752. The van der Waals surface area contributed by atoms with E-state index in [1.165, 1.54) is 17.6 Å². The molecule has 0 radical (unpaired) electrons. The zero-order valence-corrected chi connectivity index (χ0v) is 14.2. The first-order valence-electron chi connectivity index (χ1n) is 4.83. The highest BCUT2D eigenvalue weighted by molar-refractivity contribution is 9.11. The van der Waals surface area contributed by atoms with Crippen molar-refractivity contribution in [3.8, 4) is 0 Å². The lowest BCUT2D eigenvalue weighted by molar-refractivity contribution is 0.0698. The maximum absolute atomic E-state index is 12.2. The van der Waals surface area contributed by atoms with E-state index in [0.29, 0.717) is 4.60 Å². The average molecular weight is 443 g/mol. The molecule has 0 bridgehead atoms. The van der Waals surface area contributed by atoms with Crippen molar-refractivity contribution in [2.24, 2.45) is 0 Å². The van der Waals surface area contributed by atoms with Gasteiger partial charge < -0.3 is 5.11 Å². The van der Waals surface area contributed by atoms with E-state index in [2.05, 4.69) is 46.5 Å². The number of thiophene rings is 1. The molecule has 7 nitrogen and oxygen atoms in total. The minimum absolute atomic E-state index is 0.0317. The smallest absolute Gasteiger partial charge is 0.347 e. The van der Waals surface area contributed by atoms with Crippen molar-refractivity contribution in [1.29, 1.82) is 0 Å². The van der Waals surface area contributed by atoms with Crippen LogP contribution in [-0.2, 0) is 10.0 Å². The Kier molecular flexibility index (Phi) is 4.42. The van der Waals surface area contributed by atoms with E-state index in [4.69, 9.17) is 5.11 Å². The Balaban J connectivity index is 2.41. The second kappa shape index (κ2) is 5.76. The number of nitrogens with zero attached hydrogens (tertiary/aromatic N) is 2. The Morgan fingerprint density at radius 2 is 2.10 bits per heavy atom. The Bertz CT molecular complexity index is 775. The summed E-state index contributed by atoms with van der Waals surface area (Å²) in [4.78, 5) is 18.2. The molecule has 2 N–H and O–H groups in total.